The molecule has 0 bridgehead atoms. The maximum atomic E-state index is 12.4. The second-order valence-corrected chi connectivity index (χ2v) is 5.60. The summed E-state index contributed by atoms with van der Waals surface area (Å²) in [6.07, 6.45) is -1.21. The van der Waals surface area contributed by atoms with Crippen molar-refractivity contribution in [2.45, 2.75) is 19.4 Å². The van der Waals surface area contributed by atoms with Crippen LogP contribution in [0.3, 0.4) is 0 Å². The number of ketones is 1. The smallest absolute Gasteiger partial charge is 0.338 e. The summed E-state index contributed by atoms with van der Waals surface area (Å²) < 4.78 is 10.3. The number of ether oxygens (including phenoxy) is 2. The van der Waals surface area contributed by atoms with Crippen LogP contribution in [0.5, 0.6) is 5.75 Å². The largest absolute Gasteiger partial charge is 0.497 e. The van der Waals surface area contributed by atoms with Gasteiger partial charge in [0.1, 0.15) is 12.2 Å². The second kappa shape index (κ2) is 9.15. The predicted molar refractivity (Wildman–Crippen MR) is 97.5 cm³/mol. The number of nitrogens with one attached hydrogen (secondary N) is 1. The van der Waals surface area contributed by atoms with Crippen molar-refractivity contribution in [3.63, 3.8) is 0 Å². The first-order valence-electron chi connectivity index (χ1n) is 8.10. The number of amides is 1. The molecule has 0 saturated heterocycles. The van der Waals surface area contributed by atoms with Gasteiger partial charge in [-0.15, -0.1) is 0 Å². The molecule has 7 heteroatoms. The van der Waals surface area contributed by atoms with Gasteiger partial charge in [0, 0.05) is 11.3 Å². The molecule has 0 aliphatic heterocycles. The van der Waals surface area contributed by atoms with Crippen molar-refractivity contribution in [3.05, 3.63) is 59.7 Å². The van der Waals surface area contributed by atoms with Gasteiger partial charge in [0.2, 0.25) is 11.7 Å². The molecular weight excluding hydrogens is 348 g/mol. The fourth-order valence-corrected chi connectivity index (χ4v) is 2.24. The average molecular weight is 366 g/mol. The Hall–Kier alpha value is -3.66. The number of benzene rings is 2. The third kappa shape index (κ3) is 5.41. The second-order valence-electron chi connectivity index (χ2n) is 5.60. The molecule has 2 aromatic carbocycles. The number of hydrogen-bond acceptors (Lipinski definition) is 6. The zero-order valence-electron chi connectivity index (χ0n) is 14.9. The lowest BCUT2D eigenvalue weighted by Gasteiger charge is -2.13. The van der Waals surface area contributed by atoms with E-state index < -0.39 is 18.0 Å². The van der Waals surface area contributed by atoms with Crippen molar-refractivity contribution in [2.75, 3.05) is 12.4 Å². The van der Waals surface area contributed by atoms with Crippen molar-refractivity contribution in [2.24, 2.45) is 0 Å². The van der Waals surface area contributed by atoms with Gasteiger partial charge in [0.05, 0.1) is 18.7 Å². The van der Waals surface area contributed by atoms with Crippen LogP contribution in [0.2, 0.25) is 0 Å². The molecule has 0 aliphatic rings. The van der Waals surface area contributed by atoms with Crippen LogP contribution in [0.1, 0.15) is 34.1 Å². The predicted octanol–water partition coefficient (Wildman–Crippen LogP) is 2.98. The number of nitrogens with zero attached hydrogens (tertiary/aromatic N) is 1. The highest BCUT2D eigenvalue weighted by Crippen LogP contribution is 2.16. The van der Waals surface area contributed by atoms with Crippen molar-refractivity contribution >= 4 is 23.3 Å². The molecule has 0 fully saturated rings. The summed E-state index contributed by atoms with van der Waals surface area (Å²) >= 11 is 0. The van der Waals surface area contributed by atoms with Gasteiger partial charge in [-0.3, -0.25) is 9.59 Å². The van der Waals surface area contributed by atoms with Crippen molar-refractivity contribution in [1.82, 2.24) is 0 Å². The SMILES string of the molecule is COc1ccc(C(=O)[C@H](C)OC(=O)c2ccc(NC(=O)CC#N)cc2)cc1. The number of esters is 1. The van der Waals surface area contributed by atoms with E-state index in [4.69, 9.17) is 14.7 Å². The molecule has 27 heavy (non-hydrogen) atoms. The van der Waals surface area contributed by atoms with E-state index >= 15 is 0 Å². The maximum Gasteiger partial charge on any atom is 0.338 e. The van der Waals surface area contributed by atoms with Gasteiger partial charge < -0.3 is 14.8 Å². The number of Topliss-reactive ketones (excluding diaryl/α,β-unsaturated/α-hetero) is 1. The van der Waals surface area contributed by atoms with E-state index in [1.807, 2.05) is 0 Å². The molecule has 0 aromatic heterocycles. The summed E-state index contributed by atoms with van der Waals surface area (Å²) in [6.45, 7) is 1.50. The molecule has 2 rings (SSSR count). The van der Waals surface area contributed by atoms with Gasteiger partial charge in [0.25, 0.3) is 0 Å². The molecule has 2 aromatic rings. The molecule has 0 spiro atoms. The van der Waals surface area contributed by atoms with Gasteiger partial charge in [0.15, 0.2) is 6.10 Å². The van der Waals surface area contributed by atoms with Gasteiger partial charge in [-0.25, -0.2) is 4.79 Å². The number of anilines is 1. The fraction of sp³-hybridized carbons (Fsp3) is 0.200. The Morgan fingerprint density at radius 2 is 1.63 bits per heavy atom. The fourth-order valence-electron chi connectivity index (χ4n) is 2.24. The third-order valence-electron chi connectivity index (χ3n) is 3.67. The quantitative estimate of drug-likeness (QED) is 0.596. The van der Waals surface area contributed by atoms with Gasteiger partial charge >= 0.3 is 5.97 Å². The summed E-state index contributed by atoms with van der Waals surface area (Å²) in [6, 6.07) is 14.2. The van der Waals surface area contributed by atoms with E-state index in [0.29, 0.717) is 17.0 Å². The Labute approximate surface area is 156 Å². The highest BCUT2D eigenvalue weighted by Gasteiger charge is 2.20. The van der Waals surface area contributed by atoms with Crippen LogP contribution < -0.4 is 10.1 Å². The van der Waals surface area contributed by atoms with Crippen molar-refractivity contribution in [3.8, 4) is 11.8 Å². The van der Waals surface area contributed by atoms with E-state index in [9.17, 15) is 14.4 Å². The van der Waals surface area contributed by atoms with Gasteiger partial charge in [-0.2, -0.15) is 5.26 Å². The Morgan fingerprint density at radius 1 is 1.04 bits per heavy atom. The minimum atomic E-state index is -0.957. The first-order chi connectivity index (χ1) is 12.9. The molecule has 7 nitrogen and oxygen atoms in total. The molecule has 1 amide bonds. The summed E-state index contributed by atoms with van der Waals surface area (Å²) in [7, 11) is 1.53. The van der Waals surface area contributed by atoms with E-state index in [0.717, 1.165) is 0 Å². The number of carbonyl (C=O) groups excluding carboxylic acids is 3. The van der Waals surface area contributed by atoms with Gasteiger partial charge in [-0.05, 0) is 55.5 Å². The van der Waals surface area contributed by atoms with E-state index in [1.54, 1.807) is 30.3 Å². The highest BCUT2D eigenvalue weighted by molar-refractivity contribution is 6.01. The number of methoxy groups -OCH3 is 1. The van der Waals surface area contributed by atoms with Crippen LogP contribution in [0.4, 0.5) is 5.69 Å². The third-order valence-corrected chi connectivity index (χ3v) is 3.67. The maximum absolute atomic E-state index is 12.4. The molecule has 1 N–H and O–H groups in total. The Balaban J connectivity index is 1.97. The zero-order valence-corrected chi connectivity index (χ0v) is 14.9. The average Bonchev–Trinajstić information content (AvgIpc) is 2.68. The van der Waals surface area contributed by atoms with Crippen LogP contribution in [0.15, 0.2) is 48.5 Å². The standard InChI is InChI=1S/C20H18N2O5/c1-13(19(24)14-5-9-17(26-2)10-6-14)27-20(25)15-3-7-16(8-4-15)22-18(23)11-12-21/h3-10,13H,11H2,1-2H3,(H,22,23)/t13-/m0/s1. The minimum absolute atomic E-state index is 0.239. The normalized spacial score (nSPS) is 11.0. The molecule has 138 valence electrons. The lowest BCUT2D eigenvalue weighted by molar-refractivity contribution is -0.115. The molecule has 0 unspecified atom stereocenters. The number of rotatable bonds is 7. The van der Waals surface area contributed by atoms with Crippen LogP contribution in [0, 0.1) is 11.3 Å². The Morgan fingerprint density at radius 3 is 2.19 bits per heavy atom. The van der Waals surface area contributed by atoms with Gasteiger partial charge in [-0.1, -0.05) is 0 Å². The number of hydrogen-bond donors (Lipinski definition) is 1. The summed E-state index contributed by atoms with van der Waals surface area (Å²) in [4.78, 5) is 35.9. The molecule has 0 radical (unpaired) electrons. The van der Waals surface area contributed by atoms with Crippen LogP contribution in [-0.2, 0) is 9.53 Å². The molecule has 0 aliphatic carbocycles. The van der Waals surface area contributed by atoms with Crippen LogP contribution >= 0.6 is 0 Å². The van der Waals surface area contributed by atoms with Crippen LogP contribution in [0.25, 0.3) is 0 Å². The topological polar surface area (TPSA) is 105 Å². The van der Waals surface area contributed by atoms with Crippen LogP contribution in [-0.4, -0.2) is 30.9 Å². The first kappa shape index (κ1) is 19.7. The highest BCUT2D eigenvalue weighted by atomic mass is 16.5. The monoisotopic (exact) mass is 366 g/mol. The first-order valence-corrected chi connectivity index (χ1v) is 8.10. The van der Waals surface area contributed by atoms with Crippen molar-refractivity contribution in [1.29, 1.82) is 5.26 Å². The summed E-state index contributed by atoms with van der Waals surface area (Å²) in [5.74, 6) is -0.796. The van der Waals surface area contributed by atoms with E-state index in [1.165, 1.54) is 38.3 Å². The zero-order chi connectivity index (χ0) is 19.8. The Bertz CT molecular complexity index is 867. The summed E-state index contributed by atoms with van der Waals surface area (Å²) in [5.41, 5.74) is 1.10. The van der Waals surface area contributed by atoms with E-state index in [-0.39, 0.29) is 17.8 Å². The number of carbonyl (C=O) groups is 3. The lowest BCUT2D eigenvalue weighted by atomic mass is 10.1. The molecule has 0 heterocycles. The molecular formula is C20H18N2O5. The lowest BCUT2D eigenvalue weighted by Crippen LogP contribution is -2.24. The van der Waals surface area contributed by atoms with Crippen molar-refractivity contribution < 1.29 is 23.9 Å². The molecule has 0 saturated carbocycles. The minimum Gasteiger partial charge on any atom is -0.497 e. The summed E-state index contributed by atoms with van der Waals surface area (Å²) in [5, 5.41) is 11.0. The molecule has 1 atom stereocenters. The Kier molecular flexibility index (Phi) is 6.67. The number of nitriles is 1. The van der Waals surface area contributed by atoms with E-state index in [2.05, 4.69) is 5.32 Å².